The number of halogens is 3. The van der Waals surface area contributed by atoms with Gasteiger partial charge in [-0.1, -0.05) is 32.0 Å². The van der Waals surface area contributed by atoms with Gasteiger partial charge in [-0.05, 0) is 48.4 Å². The van der Waals surface area contributed by atoms with Gasteiger partial charge < -0.3 is 9.30 Å². The van der Waals surface area contributed by atoms with Gasteiger partial charge in [-0.2, -0.15) is 13.2 Å². The first kappa shape index (κ1) is 19.7. The van der Waals surface area contributed by atoms with Crippen LogP contribution in [0.5, 0.6) is 0 Å². The number of aromatic nitrogens is 1. The molecule has 0 saturated carbocycles. The number of carbonyl (C=O) groups excluding carboxylic acids is 1. The number of esters is 1. The van der Waals surface area contributed by atoms with Crippen molar-refractivity contribution in [1.29, 1.82) is 0 Å². The smallest absolute Gasteiger partial charge is 0.416 e. The van der Waals surface area contributed by atoms with E-state index in [4.69, 9.17) is 4.74 Å². The summed E-state index contributed by atoms with van der Waals surface area (Å²) in [5.74, 6) is -0.228. The molecule has 0 radical (unpaired) electrons. The molecule has 0 saturated heterocycles. The highest BCUT2D eigenvalue weighted by Crippen LogP contribution is 2.31. The SMILES string of the molecule is CC(C)COC(=O)/C=C/c1cc2ccccc2n1-c1ccc(C(F)(F)F)cc1. The lowest BCUT2D eigenvalue weighted by atomic mass is 10.2. The summed E-state index contributed by atoms with van der Waals surface area (Å²) < 4.78 is 45.5. The van der Waals surface area contributed by atoms with Crippen LogP contribution in [-0.2, 0) is 15.7 Å². The molecule has 0 atom stereocenters. The largest absolute Gasteiger partial charge is 0.462 e. The van der Waals surface area contributed by atoms with Gasteiger partial charge in [0, 0.05) is 22.8 Å². The second kappa shape index (κ2) is 7.92. The third-order valence-corrected chi connectivity index (χ3v) is 4.14. The van der Waals surface area contributed by atoms with Crippen LogP contribution in [-0.4, -0.2) is 17.1 Å². The highest BCUT2D eigenvalue weighted by atomic mass is 19.4. The summed E-state index contributed by atoms with van der Waals surface area (Å²) in [7, 11) is 0. The van der Waals surface area contributed by atoms with Crippen LogP contribution in [0, 0.1) is 5.92 Å². The third kappa shape index (κ3) is 4.44. The standard InChI is InChI=1S/C22H20F3NO2/c1-15(2)14-28-21(27)12-11-19-13-16-5-3-4-6-20(16)26(19)18-9-7-17(8-10-18)22(23,24)25/h3-13,15H,14H2,1-2H3/b12-11+. The van der Waals surface area contributed by atoms with Crippen LogP contribution in [0.1, 0.15) is 25.1 Å². The Bertz CT molecular complexity index is 999. The quantitative estimate of drug-likeness (QED) is 0.405. The average Bonchev–Trinajstić information content (AvgIpc) is 3.02. The first-order valence-corrected chi connectivity index (χ1v) is 8.88. The van der Waals surface area contributed by atoms with Crippen LogP contribution in [0.15, 0.2) is 60.7 Å². The molecule has 0 fully saturated rings. The van der Waals surface area contributed by atoms with E-state index in [1.165, 1.54) is 18.2 Å². The summed E-state index contributed by atoms with van der Waals surface area (Å²) in [4.78, 5) is 11.9. The van der Waals surface area contributed by atoms with Gasteiger partial charge in [0.05, 0.1) is 17.7 Å². The summed E-state index contributed by atoms with van der Waals surface area (Å²) >= 11 is 0. The van der Waals surface area contributed by atoms with Crippen LogP contribution < -0.4 is 0 Å². The summed E-state index contributed by atoms with van der Waals surface area (Å²) in [6.07, 6.45) is -1.45. The van der Waals surface area contributed by atoms with Crippen LogP contribution in [0.2, 0.25) is 0 Å². The van der Waals surface area contributed by atoms with Crippen molar-refractivity contribution in [2.45, 2.75) is 20.0 Å². The van der Waals surface area contributed by atoms with E-state index in [2.05, 4.69) is 0 Å². The van der Waals surface area contributed by atoms with E-state index in [1.807, 2.05) is 48.7 Å². The highest BCUT2D eigenvalue weighted by Gasteiger charge is 2.30. The number of para-hydroxylation sites is 1. The van der Waals surface area contributed by atoms with Crippen molar-refractivity contribution < 1.29 is 22.7 Å². The molecule has 3 aromatic rings. The minimum Gasteiger partial charge on any atom is -0.462 e. The molecule has 0 spiro atoms. The molecular weight excluding hydrogens is 367 g/mol. The fourth-order valence-electron chi connectivity index (χ4n) is 2.84. The molecule has 3 nitrogen and oxygen atoms in total. The molecule has 1 heterocycles. The van der Waals surface area contributed by atoms with E-state index in [0.717, 1.165) is 23.0 Å². The van der Waals surface area contributed by atoms with E-state index in [0.29, 0.717) is 18.0 Å². The summed E-state index contributed by atoms with van der Waals surface area (Å²) in [6.45, 7) is 4.21. The normalized spacial score (nSPS) is 12.2. The second-order valence-electron chi connectivity index (χ2n) is 6.87. The number of alkyl halides is 3. The molecule has 3 rings (SSSR count). The molecule has 1 aromatic heterocycles. The number of rotatable bonds is 5. The summed E-state index contributed by atoms with van der Waals surface area (Å²) in [6, 6.07) is 14.3. The lowest BCUT2D eigenvalue weighted by Gasteiger charge is -2.11. The number of hydrogen-bond donors (Lipinski definition) is 0. The molecule has 0 aliphatic heterocycles. The van der Waals surface area contributed by atoms with Crippen LogP contribution in [0.25, 0.3) is 22.7 Å². The van der Waals surface area contributed by atoms with Gasteiger partial charge in [0.15, 0.2) is 0 Å². The van der Waals surface area contributed by atoms with Gasteiger partial charge in [0.1, 0.15) is 0 Å². The highest BCUT2D eigenvalue weighted by molar-refractivity contribution is 5.90. The van der Waals surface area contributed by atoms with E-state index < -0.39 is 17.7 Å². The Hall–Kier alpha value is -3.02. The Morgan fingerprint density at radius 3 is 2.43 bits per heavy atom. The van der Waals surface area contributed by atoms with Crippen molar-refractivity contribution in [3.8, 4) is 5.69 Å². The molecule has 6 heteroatoms. The van der Waals surface area contributed by atoms with Crippen molar-refractivity contribution in [1.82, 2.24) is 4.57 Å². The van der Waals surface area contributed by atoms with Crippen molar-refractivity contribution >= 4 is 22.9 Å². The molecule has 0 bridgehead atoms. The number of carbonyl (C=O) groups is 1. The second-order valence-corrected chi connectivity index (χ2v) is 6.87. The first-order valence-electron chi connectivity index (χ1n) is 8.88. The van der Waals surface area contributed by atoms with Crippen LogP contribution >= 0.6 is 0 Å². The summed E-state index contributed by atoms with van der Waals surface area (Å²) in [5.41, 5.74) is 1.37. The van der Waals surface area contributed by atoms with E-state index >= 15 is 0 Å². The minimum absolute atomic E-state index is 0.232. The van der Waals surface area contributed by atoms with Crippen molar-refractivity contribution in [2.75, 3.05) is 6.61 Å². The van der Waals surface area contributed by atoms with Gasteiger partial charge in [0.25, 0.3) is 0 Å². The predicted molar refractivity (Wildman–Crippen MR) is 103 cm³/mol. The fourth-order valence-corrected chi connectivity index (χ4v) is 2.84. The first-order chi connectivity index (χ1) is 13.3. The van der Waals surface area contributed by atoms with Crippen molar-refractivity contribution in [2.24, 2.45) is 5.92 Å². The Balaban J connectivity index is 1.99. The molecule has 0 aliphatic rings. The van der Waals surface area contributed by atoms with Gasteiger partial charge in [0.2, 0.25) is 0 Å². The number of benzene rings is 2. The number of nitrogens with zero attached hydrogens (tertiary/aromatic N) is 1. The van der Waals surface area contributed by atoms with Crippen molar-refractivity contribution in [3.05, 3.63) is 71.9 Å². The third-order valence-electron chi connectivity index (χ3n) is 4.14. The zero-order valence-corrected chi connectivity index (χ0v) is 15.5. The van der Waals surface area contributed by atoms with E-state index in [9.17, 15) is 18.0 Å². The Morgan fingerprint density at radius 1 is 1.11 bits per heavy atom. The average molecular weight is 387 g/mol. The van der Waals surface area contributed by atoms with E-state index in [-0.39, 0.29) is 5.92 Å². The van der Waals surface area contributed by atoms with Gasteiger partial charge in [-0.15, -0.1) is 0 Å². The molecule has 0 aliphatic carbocycles. The topological polar surface area (TPSA) is 31.2 Å². The zero-order chi connectivity index (χ0) is 20.3. The molecule has 0 N–H and O–H groups in total. The van der Waals surface area contributed by atoms with Crippen molar-refractivity contribution in [3.63, 3.8) is 0 Å². The van der Waals surface area contributed by atoms with E-state index in [1.54, 1.807) is 6.08 Å². The maximum absolute atomic E-state index is 12.9. The zero-order valence-electron chi connectivity index (χ0n) is 15.5. The number of ether oxygens (including phenoxy) is 1. The maximum Gasteiger partial charge on any atom is 0.416 e. The monoisotopic (exact) mass is 387 g/mol. The molecule has 146 valence electrons. The lowest BCUT2D eigenvalue weighted by Crippen LogP contribution is -2.07. The lowest BCUT2D eigenvalue weighted by molar-refractivity contribution is -0.139. The molecular formula is C22H20F3NO2. The van der Waals surface area contributed by atoms with Gasteiger partial charge in [-0.25, -0.2) is 4.79 Å². The van der Waals surface area contributed by atoms with Crippen LogP contribution in [0.3, 0.4) is 0 Å². The molecule has 28 heavy (non-hydrogen) atoms. The Kier molecular flexibility index (Phi) is 5.58. The Morgan fingerprint density at radius 2 is 1.79 bits per heavy atom. The molecule has 2 aromatic carbocycles. The van der Waals surface area contributed by atoms with Gasteiger partial charge >= 0.3 is 12.1 Å². The minimum atomic E-state index is -4.39. The molecule has 0 unspecified atom stereocenters. The molecule has 0 amide bonds. The maximum atomic E-state index is 12.9. The summed E-state index contributed by atoms with van der Waals surface area (Å²) in [5, 5.41) is 0.914. The fraction of sp³-hybridized carbons (Fsp3) is 0.227. The van der Waals surface area contributed by atoms with Gasteiger partial charge in [-0.3, -0.25) is 0 Å². The number of fused-ring (bicyclic) bond motifs is 1. The Labute approximate surface area is 161 Å². The predicted octanol–water partition coefficient (Wildman–Crippen LogP) is 5.86. The van der Waals surface area contributed by atoms with Crippen LogP contribution in [0.4, 0.5) is 13.2 Å². The number of hydrogen-bond acceptors (Lipinski definition) is 2.